The van der Waals surface area contributed by atoms with Gasteiger partial charge in [-0.25, -0.2) is 5.43 Å². The molecule has 3 rings (SSSR count). The van der Waals surface area contributed by atoms with Gasteiger partial charge in [0.1, 0.15) is 5.70 Å². The predicted molar refractivity (Wildman–Crippen MR) is 130 cm³/mol. The van der Waals surface area contributed by atoms with Crippen LogP contribution in [0.1, 0.15) is 21.5 Å². The number of hydrogen-bond donors (Lipinski definition) is 2. The second-order valence-corrected chi connectivity index (χ2v) is 7.49. The maximum Gasteiger partial charge on any atom is 0.287 e. The van der Waals surface area contributed by atoms with Crippen LogP contribution in [0.4, 0.5) is 5.69 Å². The minimum atomic E-state index is -0.560. The molecule has 0 atom stereocenters. The molecule has 7 heteroatoms. The molecule has 0 aliphatic carbocycles. The Morgan fingerprint density at radius 2 is 1.53 bits per heavy atom. The van der Waals surface area contributed by atoms with E-state index in [-0.39, 0.29) is 11.3 Å². The molecular weight excluding hydrogens is 424 g/mol. The monoisotopic (exact) mass is 446 g/mol. The highest BCUT2D eigenvalue weighted by molar-refractivity contribution is 6.34. The minimum absolute atomic E-state index is 0.0428. The number of carbonyl (C=O) groups is 2. The third-order valence-corrected chi connectivity index (χ3v) is 4.84. The van der Waals surface area contributed by atoms with Crippen LogP contribution in [0.15, 0.2) is 89.7 Å². The molecule has 2 N–H and O–H groups in total. The van der Waals surface area contributed by atoms with Gasteiger partial charge >= 0.3 is 0 Å². The van der Waals surface area contributed by atoms with Crippen LogP contribution in [0.5, 0.6) is 0 Å². The first-order valence-electron chi connectivity index (χ1n) is 9.87. The highest BCUT2D eigenvalue weighted by Gasteiger charge is 2.16. The Kier molecular flexibility index (Phi) is 7.78. The number of nitrogens with one attached hydrogen (secondary N) is 2. The lowest BCUT2D eigenvalue weighted by molar-refractivity contribution is -0.117. The highest BCUT2D eigenvalue weighted by atomic mass is 35.5. The van der Waals surface area contributed by atoms with Gasteiger partial charge in [-0.2, -0.15) is 5.10 Å². The zero-order valence-corrected chi connectivity index (χ0v) is 18.5. The van der Waals surface area contributed by atoms with E-state index in [1.54, 1.807) is 30.3 Å². The second-order valence-electron chi connectivity index (χ2n) is 7.09. The van der Waals surface area contributed by atoms with Gasteiger partial charge in [-0.15, -0.1) is 0 Å². The standard InChI is InChI=1S/C25H23ClN4O2/c1-30(2)20-14-12-19(13-15-20)17-27-29-25(32)23(16-18-8-4-3-5-9-18)28-24(31)21-10-6-7-11-22(21)26/h3-17H,1-2H3,(H,28,31)(H,29,32)/b23-16+,27-17?. The molecule has 6 nitrogen and oxygen atoms in total. The van der Waals surface area contributed by atoms with E-state index >= 15 is 0 Å². The summed E-state index contributed by atoms with van der Waals surface area (Å²) in [5.41, 5.74) is 5.41. The number of nitrogens with zero attached hydrogens (tertiary/aromatic N) is 2. The van der Waals surface area contributed by atoms with Gasteiger partial charge in [-0.3, -0.25) is 9.59 Å². The summed E-state index contributed by atoms with van der Waals surface area (Å²) >= 11 is 6.12. The fraction of sp³-hybridized carbons (Fsp3) is 0.0800. The molecule has 0 unspecified atom stereocenters. The lowest BCUT2D eigenvalue weighted by atomic mass is 10.1. The molecule has 162 valence electrons. The zero-order valence-electron chi connectivity index (χ0n) is 17.7. The number of amides is 2. The topological polar surface area (TPSA) is 73.8 Å². The first-order chi connectivity index (χ1) is 15.4. The summed E-state index contributed by atoms with van der Waals surface area (Å²) in [6.45, 7) is 0. The highest BCUT2D eigenvalue weighted by Crippen LogP contribution is 2.16. The van der Waals surface area contributed by atoms with Crippen LogP contribution in [0.25, 0.3) is 6.08 Å². The summed E-state index contributed by atoms with van der Waals surface area (Å²) in [4.78, 5) is 27.5. The van der Waals surface area contributed by atoms with Crippen LogP contribution in [0.2, 0.25) is 5.02 Å². The smallest absolute Gasteiger partial charge is 0.287 e. The zero-order chi connectivity index (χ0) is 22.9. The van der Waals surface area contributed by atoms with E-state index in [2.05, 4.69) is 15.8 Å². The van der Waals surface area contributed by atoms with Crippen LogP contribution in [-0.2, 0) is 4.79 Å². The van der Waals surface area contributed by atoms with Gasteiger partial charge in [0, 0.05) is 19.8 Å². The number of benzene rings is 3. The van der Waals surface area contributed by atoms with Crippen LogP contribution in [0.3, 0.4) is 0 Å². The van der Waals surface area contributed by atoms with E-state index in [4.69, 9.17) is 11.6 Å². The molecule has 0 saturated carbocycles. The van der Waals surface area contributed by atoms with E-state index in [9.17, 15) is 9.59 Å². The maximum atomic E-state index is 12.8. The number of anilines is 1. The largest absolute Gasteiger partial charge is 0.378 e. The average Bonchev–Trinajstić information content (AvgIpc) is 2.80. The summed E-state index contributed by atoms with van der Waals surface area (Å²) in [5.74, 6) is -1.05. The van der Waals surface area contributed by atoms with E-state index in [0.717, 1.165) is 16.8 Å². The minimum Gasteiger partial charge on any atom is -0.378 e. The maximum absolute atomic E-state index is 12.8. The van der Waals surface area contributed by atoms with E-state index < -0.39 is 11.8 Å². The van der Waals surface area contributed by atoms with Crippen molar-refractivity contribution < 1.29 is 9.59 Å². The van der Waals surface area contributed by atoms with Crippen molar-refractivity contribution in [3.63, 3.8) is 0 Å². The molecule has 0 heterocycles. The lowest BCUT2D eigenvalue weighted by Gasteiger charge is -2.11. The molecule has 2 amide bonds. The fourth-order valence-corrected chi connectivity index (χ4v) is 3.02. The Bertz CT molecular complexity index is 1140. The number of carbonyl (C=O) groups excluding carboxylic acids is 2. The summed E-state index contributed by atoms with van der Waals surface area (Å²) in [7, 11) is 3.92. The van der Waals surface area contributed by atoms with Crippen LogP contribution in [-0.4, -0.2) is 32.1 Å². The van der Waals surface area contributed by atoms with Crippen LogP contribution < -0.4 is 15.6 Å². The Labute approximate surface area is 192 Å². The third-order valence-electron chi connectivity index (χ3n) is 4.51. The van der Waals surface area contributed by atoms with Gasteiger partial charge in [0.2, 0.25) is 0 Å². The van der Waals surface area contributed by atoms with Gasteiger partial charge in [0.25, 0.3) is 11.8 Å². The number of rotatable bonds is 7. The Hall–Kier alpha value is -3.90. The van der Waals surface area contributed by atoms with Gasteiger partial charge < -0.3 is 10.2 Å². The molecule has 3 aromatic rings. The first-order valence-corrected chi connectivity index (χ1v) is 10.3. The van der Waals surface area contributed by atoms with Crippen molar-refractivity contribution in [1.82, 2.24) is 10.7 Å². The van der Waals surface area contributed by atoms with Gasteiger partial charge in [0.05, 0.1) is 16.8 Å². The molecule has 0 aliphatic heterocycles. The molecule has 0 aromatic heterocycles. The summed E-state index contributed by atoms with van der Waals surface area (Å²) < 4.78 is 0. The summed E-state index contributed by atoms with van der Waals surface area (Å²) in [6, 6.07) is 23.5. The number of hydrogen-bond acceptors (Lipinski definition) is 4. The predicted octanol–water partition coefficient (Wildman–Crippen LogP) is 4.33. The van der Waals surface area contributed by atoms with Crippen molar-refractivity contribution in [1.29, 1.82) is 0 Å². The van der Waals surface area contributed by atoms with Crippen molar-refractivity contribution in [2.75, 3.05) is 19.0 Å². The van der Waals surface area contributed by atoms with Crippen LogP contribution in [0, 0.1) is 0 Å². The Morgan fingerprint density at radius 3 is 2.19 bits per heavy atom. The Balaban J connectivity index is 1.77. The number of halogens is 1. The third kappa shape index (κ3) is 6.30. The molecular formula is C25H23ClN4O2. The van der Waals surface area contributed by atoms with Crippen LogP contribution >= 0.6 is 11.6 Å². The van der Waals surface area contributed by atoms with Crippen molar-refractivity contribution in [2.45, 2.75) is 0 Å². The first kappa shape index (κ1) is 22.8. The van der Waals surface area contributed by atoms with Gasteiger partial charge in [-0.1, -0.05) is 66.2 Å². The van der Waals surface area contributed by atoms with Gasteiger partial charge in [-0.05, 0) is 41.5 Å². The Morgan fingerprint density at radius 1 is 0.875 bits per heavy atom. The second kappa shape index (κ2) is 10.9. The van der Waals surface area contributed by atoms with E-state index in [1.165, 1.54) is 6.21 Å². The van der Waals surface area contributed by atoms with Crippen molar-refractivity contribution in [3.8, 4) is 0 Å². The summed E-state index contributed by atoms with van der Waals surface area (Å²) in [6.07, 6.45) is 3.11. The molecule has 32 heavy (non-hydrogen) atoms. The molecule has 0 bridgehead atoms. The lowest BCUT2D eigenvalue weighted by Crippen LogP contribution is -2.33. The van der Waals surface area contributed by atoms with Crippen molar-refractivity contribution in [2.24, 2.45) is 5.10 Å². The number of hydrazone groups is 1. The van der Waals surface area contributed by atoms with Gasteiger partial charge in [0.15, 0.2) is 0 Å². The van der Waals surface area contributed by atoms with Crippen molar-refractivity contribution in [3.05, 3.63) is 106 Å². The average molecular weight is 447 g/mol. The SMILES string of the molecule is CN(C)c1ccc(C=NNC(=O)/C(=C\c2ccccc2)NC(=O)c2ccccc2Cl)cc1. The fourth-order valence-electron chi connectivity index (χ4n) is 2.79. The van der Waals surface area contributed by atoms with E-state index in [0.29, 0.717) is 5.02 Å². The van der Waals surface area contributed by atoms with Crippen molar-refractivity contribution >= 4 is 41.4 Å². The quantitative estimate of drug-likeness (QED) is 0.322. The molecule has 0 saturated heterocycles. The molecule has 0 radical (unpaired) electrons. The normalized spacial score (nSPS) is 11.3. The molecule has 3 aromatic carbocycles. The molecule has 0 fully saturated rings. The molecule has 0 spiro atoms. The van der Waals surface area contributed by atoms with E-state index in [1.807, 2.05) is 73.6 Å². The summed E-state index contributed by atoms with van der Waals surface area (Å²) in [5, 5.41) is 6.95. The molecule has 0 aliphatic rings.